The lowest BCUT2D eigenvalue weighted by molar-refractivity contribution is 0.0988. The minimum Gasteiger partial charge on any atom is -0.308 e. The molecule has 8 nitrogen and oxygen atoms in total. The van der Waals surface area contributed by atoms with E-state index >= 15 is 0 Å². The minimum atomic E-state index is -3.50. The van der Waals surface area contributed by atoms with Crippen molar-refractivity contribution in [2.45, 2.75) is 57.4 Å². The van der Waals surface area contributed by atoms with Gasteiger partial charge in [0.25, 0.3) is 5.91 Å². The maximum Gasteiger partial charge on any atom is 0.260 e. The normalized spacial score (nSPS) is 17.2. The number of nitrogens with zero attached hydrogens (tertiary/aromatic N) is 5. The van der Waals surface area contributed by atoms with Crippen LogP contribution < -0.4 is 4.90 Å². The van der Waals surface area contributed by atoms with Crippen LogP contribution in [0.25, 0.3) is 11.0 Å². The zero-order valence-electron chi connectivity index (χ0n) is 19.3. The van der Waals surface area contributed by atoms with E-state index in [0.717, 1.165) is 41.5 Å². The van der Waals surface area contributed by atoms with E-state index in [4.69, 9.17) is 0 Å². The largest absolute Gasteiger partial charge is 0.308 e. The number of anilines is 1. The molecule has 0 atom stereocenters. The van der Waals surface area contributed by atoms with Crippen LogP contribution in [0, 0.1) is 6.92 Å². The molecule has 0 saturated carbocycles. The SMILES string of the molecule is Cc1nc2c(cnn2C(C)C)cc1C(=O)N1CCc2cc(S(=O)(=O)N3CCCCC3)ccc21. The van der Waals surface area contributed by atoms with E-state index in [2.05, 4.69) is 10.1 Å². The Morgan fingerprint density at radius 2 is 1.82 bits per heavy atom. The highest BCUT2D eigenvalue weighted by Crippen LogP contribution is 2.33. The maximum atomic E-state index is 13.5. The Kier molecular flexibility index (Phi) is 5.49. The molecule has 4 heterocycles. The molecule has 1 amide bonds. The van der Waals surface area contributed by atoms with E-state index in [-0.39, 0.29) is 11.9 Å². The number of carbonyl (C=O) groups is 1. The van der Waals surface area contributed by atoms with Crippen LogP contribution in [0.2, 0.25) is 0 Å². The summed E-state index contributed by atoms with van der Waals surface area (Å²) in [7, 11) is -3.50. The van der Waals surface area contributed by atoms with Gasteiger partial charge in [-0.1, -0.05) is 6.42 Å². The van der Waals surface area contributed by atoms with Crippen molar-refractivity contribution in [2.24, 2.45) is 0 Å². The van der Waals surface area contributed by atoms with E-state index in [9.17, 15) is 13.2 Å². The number of fused-ring (bicyclic) bond motifs is 2. The number of piperidine rings is 1. The van der Waals surface area contributed by atoms with Gasteiger partial charge in [-0.05, 0) is 69.9 Å². The number of aryl methyl sites for hydroxylation is 1. The van der Waals surface area contributed by atoms with Crippen molar-refractivity contribution in [1.29, 1.82) is 0 Å². The number of pyridine rings is 1. The highest BCUT2D eigenvalue weighted by molar-refractivity contribution is 7.89. The molecule has 1 saturated heterocycles. The van der Waals surface area contributed by atoms with Crippen LogP contribution in [0.3, 0.4) is 0 Å². The van der Waals surface area contributed by atoms with Gasteiger partial charge >= 0.3 is 0 Å². The molecule has 1 fully saturated rings. The number of hydrogen-bond acceptors (Lipinski definition) is 5. The molecule has 174 valence electrons. The third kappa shape index (κ3) is 3.73. The third-order valence-corrected chi connectivity index (χ3v) is 8.52. The van der Waals surface area contributed by atoms with Gasteiger partial charge in [0.1, 0.15) is 0 Å². The second-order valence-corrected chi connectivity index (χ2v) is 11.1. The van der Waals surface area contributed by atoms with Crippen molar-refractivity contribution in [3.8, 4) is 0 Å². The molecular weight excluding hydrogens is 438 g/mol. The van der Waals surface area contributed by atoms with Gasteiger partial charge in [-0.2, -0.15) is 9.40 Å². The molecule has 1 aromatic carbocycles. The number of amides is 1. The molecule has 2 aliphatic heterocycles. The first-order valence-corrected chi connectivity index (χ1v) is 13.0. The molecule has 2 aromatic heterocycles. The fourth-order valence-electron chi connectivity index (χ4n) is 4.81. The monoisotopic (exact) mass is 467 g/mol. The molecule has 5 rings (SSSR count). The van der Waals surface area contributed by atoms with E-state index in [0.29, 0.717) is 42.2 Å². The number of sulfonamides is 1. The number of benzene rings is 1. The van der Waals surface area contributed by atoms with E-state index in [1.807, 2.05) is 31.5 Å². The molecular formula is C24H29N5O3S. The second-order valence-electron chi connectivity index (χ2n) is 9.18. The topological polar surface area (TPSA) is 88.4 Å². The standard InChI is InChI=1S/C24H29N5O3S/c1-16(2)29-23-19(15-25-29)14-21(17(3)26-23)24(30)28-12-9-18-13-20(7-8-22(18)28)33(31,32)27-10-5-4-6-11-27/h7-8,13-16H,4-6,9-12H2,1-3H3. The summed E-state index contributed by atoms with van der Waals surface area (Å²) in [5.41, 5.74) is 3.64. The van der Waals surface area contributed by atoms with Crippen LogP contribution in [0.5, 0.6) is 0 Å². The maximum absolute atomic E-state index is 13.5. The molecule has 0 radical (unpaired) electrons. The van der Waals surface area contributed by atoms with Gasteiger partial charge in [0.2, 0.25) is 10.0 Å². The lowest BCUT2D eigenvalue weighted by Gasteiger charge is -2.26. The van der Waals surface area contributed by atoms with Crippen molar-refractivity contribution >= 4 is 32.7 Å². The highest BCUT2D eigenvalue weighted by atomic mass is 32.2. The zero-order valence-corrected chi connectivity index (χ0v) is 20.1. The molecule has 0 N–H and O–H groups in total. The highest BCUT2D eigenvalue weighted by Gasteiger charge is 2.31. The van der Waals surface area contributed by atoms with Crippen molar-refractivity contribution < 1.29 is 13.2 Å². The predicted molar refractivity (Wildman–Crippen MR) is 127 cm³/mol. The first-order valence-electron chi connectivity index (χ1n) is 11.6. The molecule has 0 spiro atoms. The summed E-state index contributed by atoms with van der Waals surface area (Å²) in [5.74, 6) is -0.121. The second kappa shape index (κ2) is 8.22. The summed E-state index contributed by atoms with van der Waals surface area (Å²) in [4.78, 5) is 20.2. The predicted octanol–water partition coefficient (Wildman–Crippen LogP) is 3.70. The summed E-state index contributed by atoms with van der Waals surface area (Å²) in [5, 5.41) is 5.24. The van der Waals surface area contributed by atoms with Crippen LogP contribution in [0.4, 0.5) is 5.69 Å². The van der Waals surface area contributed by atoms with Gasteiger partial charge in [-0.3, -0.25) is 4.79 Å². The Morgan fingerprint density at radius 3 is 2.55 bits per heavy atom. The van der Waals surface area contributed by atoms with Crippen LogP contribution in [0.15, 0.2) is 35.4 Å². The Balaban J connectivity index is 1.45. The average molecular weight is 468 g/mol. The Bertz CT molecular complexity index is 1340. The smallest absolute Gasteiger partial charge is 0.260 e. The van der Waals surface area contributed by atoms with E-state index < -0.39 is 10.0 Å². The quantitative estimate of drug-likeness (QED) is 0.584. The lowest BCUT2D eigenvalue weighted by Crippen LogP contribution is -2.35. The molecule has 0 aliphatic carbocycles. The van der Waals surface area contributed by atoms with Gasteiger partial charge in [0, 0.05) is 36.7 Å². The number of aromatic nitrogens is 3. The van der Waals surface area contributed by atoms with Gasteiger partial charge in [-0.25, -0.2) is 18.1 Å². The molecule has 33 heavy (non-hydrogen) atoms. The summed E-state index contributed by atoms with van der Waals surface area (Å²) < 4.78 is 29.6. The van der Waals surface area contributed by atoms with Gasteiger partial charge < -0.3 is 4.90 Å². The van der Waals surface area contributed by atoms with Crippen LogP contribution >= 0.6 is 0 Å². The van der Waals surface area contributed by atoms with Crippen LogP contribution in [-0.2, 0) is 16.4 Å². The molecule has 0 unspecified atom stereocenters. The molecule has 3 aromatic rings. The Labute approximate surface area is 194 Å². The Hall–Kier alpha value is -2.78. The number of hydrogen-bond donors (Lipinski definition) is 0. The average Bonchev–Trinajstić information content (AvgIpc) is 3.42. The van der Waals surface area contributed by atoms with Crippen molar-refractivity contribution in [3.63, 3.8) is 0 Å². The summed E-state index contributed by atoms with van der Waals surface area (Å²) in [6, 6.07) is 7.19. The van der Waals surface area contributed by atoms with Gasteiger partial charge in [0.15, 0.2) is 5.65 Å². The van der Waals surface area contributed by atoms with E-state index in [1.54, 1.807) is 33.6 Å². The summed E-state index contributed by atoms with van der Waals surface area (Å²) in [6.07, 6.45) is 5.25. The fraction of sp³-hybridized carbons (Fsp3) is 0.458. The number of rotatable bonds is 4. The van der Waals surface area contributed by atoms with Gasteiger partial charge in [0.05, 0.1) is 22.3 Å². The van der Waals surface area contributed by atoms with Crippen LogP contribution in [-0.4, -0.2) is 53.0 Å². The molecule has 0 bridgehead atoms. The summed E-state index contributed by atoms with van der Waals surface area (Å²) >= 11 is 0. The van der Waals surface area contributed by atoms with Crippen molar-refractivity contribution in [3.05, 3.63) is 47.3 Å². The fourth-order valence-corrected chi connectivity index (χ4v) is 6.38. The first-order chi connectivity index (χ1) is 15.8. The van der Waals surface area contributed by atoms with E-state index in [1.165, 1.54) is 0 Å². The first kappa shape index (κ1) is 22.0. The third-order valence-electron chi connectivity index (χ3n) is 6.62. The Morgan fingerprint density at radius 1 is 1.06 bits per heavy atom. The van der Waals surface area contributed by atoms with Gasteiger partial charge in [-0.15, -0.1) is 0 Å². The number of carbonyl (C=O) groups excluding carboxylic acids is 1. The molecule has 9 heteroatoms. The van der Waals surface area contributed by atoms with Crippen LogP contribution in [0.1, 0.15) is 60.8 Å². The summed E-state index contributed by atoms with van der Waals surface area (Å²) in [6.45, 7) is 7.60. The van der Waals surface area contributed by atoms with Crippen molar-refractivity contribution in [2.75, 3.05) is 24.5 Å². The van der Waals surface area contributed by atoms with Crippen molar-refractivity contribution in [1.82, 2.24) is 19.1 Å². The zero-order chi connectivity index (χ0) is 23.3. The minimum absolute atomic E-state index is 0.121. The lowest BCUT2D eigenvalue weighted by atomic mass is 10.1. The molecule has 2 aliphatic rings.